The van der Waals surface area contributed by atoms with Crippen LogP contribution in [0.4, 0.5) is 0 Å². The molecule has 6 heteroatoms. The number of carbonyl (C=O) groups excluding carboxylic acids is 2. The molecule has 2 unspecified atom stereocenters. The first kappa shape index (κ1) is 21.4. The molecule has 1 amide bonds. The minimum atomic E-state index is -0.641. The summed E-state index contributed by atoms with van der Waals surface area (Å²) in [6.07, 6.45) is 2.32. The van der Waals surface area contributed by atoms with E-state index in [1.54, 1.807) is 31.2 Å². The van der Waals surface area contributed by atoms with Crippen molar-refractivity contribution in [3.63, 3.8) is 0 Å². The van der Waals surface area contributed by atoms with Gasteiger partial charge in [-0.3, -0.25) is 9.59 Å². The zero-order valence-electron chi connectivity index (χ0n) is 14.0. The second-order valence-corrected chi connectivity index (χ2v) is 5.43. The molecular weight excluding hydrogens is 316 g/mol. The third-order valence-electron chi connectivity index (χ3n) is 3.46. The summed E-state index contributed by atoms with van der Waals surface area (Å²) in [4.78, 5) is 23.5. The maximum absolute atomic E-state index is 12.1. The number of nitrogens with one attached hydrogen (secondary N) is 1. The molecule has 0 heterocycles. The van der Waals surface area contributed by atoms with Crippen LogP contribution in [0.2, 0.25) is 0 Å². The summed E-state index contributed by atoms with van der Waals surface area (Å²) in [5, 5.41) is 2.90. The summed E-state index contributed by atoms with van der Waals surface area (Å²) in [6, 6.07) is 6.80. The van der Waals surface area contributed by atoms with E-state index in [1.165, 1.54) is 6.92 Å². The second-order valence-electron chi connectivity index (χ2n) is 5.43. The van der Waals surface area contributed by atoms with Crippen molar-refractivity contribution in [2.75, 3.05) is 6.54 Å². The molecule has 0 aliphatic rings. The van der Waals surface area contributed by atoms with Gasteiger partial charge in [-0.25, -0.2) is 0 Å². The van der Waals surface area contributed by atoms with E-state index in [4.69, 9.17) is 10.5 Å². The van der Waals surface area contributed by atoms with Crippen molar-refractivity contribution < 1.29 is 14.3 Å². The summed E-state index contributed by atoms with van der Waals surface area (Å²) < 4.78 is 5.61. The Kier molecular flexibility index (Phi) is 10.3. The Morgan fingerprint density at radius 2 is 2.04 bits per heavy atom. The predicted molar refractivity (Wildman–Crippen MR) is 94.3 cm³/mol. The van der Waals surface area contributed by atoms with Gasteiger partial charge in [0.25, 0.3) is 5.91 Å². The molecular formula is C17H27ClN2O3. The van der Waals surface area contributed by atoms with Gasteiger partial charge in [0.15, 0.2) is 11.9 Å². The van der Waals surface area contributed by atoms with Gasteiger partial charge >= 0.3 is 0 Å². The summed E-state index contributed by atoms with van der Waals surface area (Å²) in [5.74, 6) is 0.276. The van der Waals surface area contributed by atoms with E-state index in [0.29, 0.717) is 17.9 Å². The highest BCUT2D eigenvalue weighted by Crippen LogP contribution is 2.15. The van der Waals surface area contributed by atoms with Gasteiger partial charge in [-0.05, 0) is 32.4 Å². The van der Waals surface area contributed by atoms with Gasteiger partial charge in [0.05, 0.1) is 0 Å². The van der Waals surface area contributed by atoms with Crippen LogP contribution in [-0.2, 0) is 4.79 Å². The van der Waals surface area contributed by atoms with Crippen molar-refractivity contribution in [2.24, 2.45) is 5.73 Å². The van der Waals surface area contributed by atoms with Gasteiger partial charge in [-0.1, -0.05) is 31.9 Å². The number of halogens is 1. The summed E-state index contributed by atoms with van der Waals surface area (Å²) in [6.45, 7) is 5.69. The number of benzene rings is 1. The SMILES string of the molecule is CCCCC(CN)NC(=O)C(C)Oc1cccc(C(C)=O)c1.Cl. The first-order chi connectivity index (χ1) is 10.5. The van der Waals surface area contributed by atoms with Crippen molar-refractivity contribution in [1.82, 2.24) is 5.32 Å². The predicted octanol–water partition coefficient (Wildman–Crippen LogP) is 2.71. The quantitative estimate of drug-likeness (QED) is 0.676. The van der Waals surface area contributed by atoms with Crippen LogP contribution in [0.1, 0.15) is 50.4 Å². The van der Waals surface area contributed by atoms with Crippen molar-refractivity contribution >= 4 is 24.1 Å². The zero-order chi connectivity index (χ0) is 16.5. The smallest absolute Gasteiger partial charge is 0.261 e. The molecule has 23 heavy (non-hydrogen) atoms. The number of nitrogens with two attached hydrogens (primary N) is 1. The number of hydrogen-bond donors (Lipinski definition) is 2. The zero-order valence-corrected chi connectivity index (χ0v) is 14.8. The van der Waals surface area contributed by atoms with E-state index in [-0.39, 0.29) is 30.1 Å². The molecule has 1 aromatic carbocycles. The average molecular weight is 343 g/mol. The van der Waals surface area contributed by atoms with Crippen molar-refractivity contribution in [1.29, 1.82) is 0 Å². The number of ketones is 1. The molecule has 0 spiro atoms. The summed E-state index contributed by atoms with van der Waals surface area (Å²) in [5.41, 5.74) is 6.24. The maximum atomic E-state index is 12.1. The molecule has 0 saturated heterocycles. The molecule has 1 aromatic rings. The second kappa shape index (κ2) is 11.0. The van der Waals surface area contributed by atoms with Crippen LogP contribution in [0.5, 0.6) is 5.75 Å². The number of ether oxygens (including phenoxy) is 1. The van der Waals surface area contributed by atoms with Crippen molar-refractivity contribution in [3.8, 4) is 5.75 Å². The van der Waals surface area contributed by atoms with Gasteiger partial charge in [0.1, 0.15) is 5.75 Å². The van der Waals surface area contributed by atoms with Gasteiger partial charge in [0.2, 0.25) is 0 Å². The molecule has 2 atom stereocenters. The molecule has 130 valence electrons. The van der Waals surface area contributed by atoms with Crippen molar-refractivity contribution in [2.45, 2.75) is 52.2 Å². The van der Waals surface area contributed by atoms with Crippen LogP contribution in [0.25, 0.3) is 0 Å². The Morgan fingerprint density at radius 1 is 1.35 bits per heavy atom. The Hall–Kier alpha value is -1.59. The van der Waals surface area contributed by atoms with Crippen LogP contribution in [0.3, 0.4) is 0 Å². The highest BCUT2D eigenvalue weighted by Gasteiger charge is 2.18. The highest BCUT2D eigenvalue weighted by molar-refractivity contribution is 5.94. The van der Waals surface area contributed by atoms with Crippen LogP contribution in [0.15, 0.2) is 24.3 Å². The minimum absolute atomic E-state index is 0. The van der Waals surface area contributed by atoms with Gasteiger partial charge < -0.3 is 15.8 Å². The molecule has 0 saturated carbocycles. The molecule has 0 aliphatic carbocycles. The van der Waals surface area contributed by atoms with E-state index < -0.39 is 6.10 Å². The normalized spacial score (nSPS) is 12.7. The topological polar surface area (TPSA) is 81.4 Å². The number of hydrogen-bond acceptors (Lipinski definition) is 4. The lowest BCUT2D eigenvalue weighted by atomic mass is 10.1. The Labute approximate surface area is 144 Å². The monoisotopic (exact) mass is 342 g/mol. The maximum Gasteiger partial charge on any atom is 0.261 e. The van der Waals surface area contributed by atoms with Crippen LogP contribution in [0, 0.1) is 0 Å². The third-order valence-corrected chi connectivity index (χ3v) is 3.46. The largest absolute Gasteiger partial charge is 0.481 e. The van der Waals surface area contributed by atoms with E-state index in [0.717, 1.165) is 19.3 Å². The molecule has 1 rings (SSSR count). The van der Waals surface area contributed by atoms with E-state index in [2.05, 4.69) is 12.2 Å². The number of Topliss-reactive ketones (excluding diaryl/α,β-unsaturated/α-hetero) is 1. The van der Waals surface area contributed by atoms with E-state index in [9.17, 15) is 9.59 Å². The molecule has 5 nitrogen and oxygen atoms in total. The third kappa shape index (κ3) is 7.48. The van der Waals surface area contributed by atoms with Crippen LogP contribution < -0.4 is 15.8 Å². The van der Waals surface area contributed by atoms with Gasteiger partial charge in [0, 0.05) is 18.2 Å². The standard InChI is InChI=1S/C17H26N2O3.ClH/c1-4-5-8-15(11-18)19-17(21)13(3)22-16-9-6-7-14(10-16)12(2)20;/h6-7,9-10,13,15H,4-5,8,11,18H2,1-3H3,(H,19,21);1H. The number of unbranched alkanes of at least 4 members (excludes halogenated alkanes) is 1. The summed E-state index contributed by atoms with van der Waals surface area (Å²) >= 11 is 0. The lowest BCUT2D eigenvalue weighted by molar-refractivity contribution is -0.128. The van der Waals surface area contributed by atoms with Crippen molar-refractivity contribution in [3.05, 3.63) is 29.8 Å². The number of amides is 1. The van der Waals surface area contributed by atoms with E-state index in [1.807, 2.05) is 0 Å². The minimum Gasteiger partial charge on any atom is -0.481 e. The molecule has 3 N–H and O–H groups in total. The lowest BCUT2D eigenvalue weighted by Gasteiger charge is -2.20. The highest BCUT2D eigenvalue weighted by atomic mass is 35.5. The van der Waals surface area contributed by atoms with Gasteiger partial charge in [-0.2, -0.15) is 0 Å². The lowest BCUT2D eigenvalue weighted by Crippen LogP contribution is -2.45. The fraction of sp³-hybridized carbons (Fsp3) is 0.529. The Morgan fingerprint density at radius 3 is 2.61 bits per heavy atom. The Balaban J connectivity index is 0.00000484. The molecule has 0 aliphatic heterocycles. The number of carbonyl (C=O) groups is 2. The first-order valence-corrected chi connectivity index (χ1v) is 7.76. The molecule has 0 radical (unpaired) electrons. The van der Waals surface area contributed by atoms with Gasteiger partial charge in [-0.15, -0.1) is 12.4 Å². The van der Waals surface area contributed by atoms with Crippen LogP contribution >= 0.6 is 12.4 Å². The first-order valence-electron chi connectivity index (χ1n) is 7.76. The molecule has 0 bridgehead atoms. The average Bonchev–Trinajstić information content (AvgIpc) is 2.51. The van der Waals surface area contributed by atoms with E-state index >= 15 is 0 Å². The Bertz CT molecular complexity index is 508. The number of rotatable bonds is 9. The fourth-order valence-corrected chi connectivity index (χ4v) is 2.06. The summed E-state index contributed by atoms with van der Waals surface area (Å²) in [7, 11) is 0. The fourth-order valence-electron chi connectivity index (χ4n) is 2.06. The van der Waals surface area contributed by atoms with Crippen LogP contribution in [-0.4, -0.2) is 30.4 Å². The molecule has 0 aromatic heterocycles. The molecule has 0 fully saturated rings.